The second-order valence-corrected chi connectivity index (χ2v) is 10.5. The van der Waals surface area contributed by atoms with E-state index in [-0.39, 0.29) is 11.2 Å². The average Bonchev–Trinajstić information content (AvgIpc) is 3.22. The molecule has 5 nitrogen and oxygen atoms in total. The molecular weight excluding hydrogens is 434 g/mol. The van der Waals surface area contributed by atoms with Gasteiger partial charge in [0.1, 0.15) is 0 Å². The van der Waals surface area contributed by atoms with Crippen molar-refractivity contribution in [2.75, 3.05) is 44.3 Å². The van der Waals surface area contributed by atoms with E-state index in [1.165, 1.54) is 0 Å². The quantitative estimate of drug-likeness (QED) is 0.632. The highest BCUT2D eigenvalue weighted by Crippen LogP contribution is 2.51. The number of rotatable bonds is 2. The van der Waals surface area contributed by atoms with Gasteiger partial charge in [-0.2, -0.15) is 5.26 Å². The smallest absolute Gasteiger partial charge is 0.193 e. The molecule has 35 heavy (non-hydrogen) atoms. The third-order valence-corrected chi connectivity index (χ3v) is 8.26. The second kappa shape index (κ2) is 8.09. The topological polar surface area (TPSA) is 56.6 Å². The monoisotopic (exact) mass is 463 g/mol. The number of fused-ring (bicyclic) bond motifs is 3. The minimum absolute atomic E-state index is 0.0817. The highest BCUT2D eigenvalue weighted by Gasteiger charge is 2.43. The van der Waals surface area contributed by atoms with Crippen molar-refractivity contribution >= 4 is 17.0 Å². The molecule has 0 N–H and O–H groups in total. The third kappa shape index (κ3) is 3.34. The molecule has 0 atom stereocenters. The maximum Gasteiger partial charge on any atom is 0.193 e. The molecular formula is C30H29N3O2. The van der Waals surface area contributed by atoms with Gasteiger partial charge in [-0.15, -0.1) is 5.92 Å². The van der Waals surface area contributed by atoms with Crippen molar-refractivity contribution in [2.24, 2.45) is 0 Å². The van der Waals surface area contributed by atoms with Crippen molar-refractivity contribution in [2.45, 2.75) is 38.6 Å². The molecule has 0 spiro atoms. The molecule has 2 aliphatic heterocycles. The fraction of sp³-hybridized carbons (Fsp3) is 0.400. The summed E-state index contributed by atoms with van der Waals surface area (Å²) < 4.78 is 5.39. The Kier molecular flexibility index (Phi) is 5.11. The molecule has 0 saturated carbocycles. The van der Waals surface area contributed by atoms with Gasteiger partial charge in [-0.3, -0.25) is 9.69 Å². The van der Waals surface area contributed by atoms with Crippen LogP contribution >= 0.6 is 0 Å². The van der Waals surface area contributed by atoms with E-state index < -0.39 is 0 Å². The van der Waals surface area contributed by atoms with E-state index in [4.69, 9.17) is 4.74 Å². The van der Waals surface area contributed by atoms with E-state index in [0.29, 0.717) is 18.0 Å². The Morgan fingerprint density at radius 3 is 2.49 bits per heavy atom. The average molecular weight is 464 g/mol. The molecule has 5 heteroatoms. The fourth-order valence-corrected chi connectivity index (χ4v) is 6.14. The first-order chi connectivity index (χ1) is 16.9. The molecule has 0 amide bonds. The van der Waals surface area contributed by atoms with Crippen LogP contribution in [-0.2, 0) is 16.6 Å². The van der Waals surface area contributed by atoms with E-state index in [1.807, 2.05) is 31.2 Å². The number of hydrogen-bond acceptors (Lipinski definition) is 5. The number of benzene rings is 2. The first-order valence-corrected chi connectivity index (χ1v) is 12.4. The number of carbonyl (C=O) groups is 1. The lowest BCUT2D eigenvalue weighted by Gasteiger charge is -2.44. The third-order valence-electron chi connectivity index (χ3n) is 8.26. The van der Waals surface area contributed by atoms with Crippen LogP contribution in [0.5, 0.6) is 0 Å². The molecule has 2 aromatic carbocycles. The summed E-state index contributed by atoms with van der Waals surface area (Å²) in [4.78, 5) is 18.9. The van der Waals surface area contributed by atoms with Gasteiger partial charge in [0.25, 0.3) is 0 Å². The molecule has 2 aromatic rings. The van der Waals surface area contributed by atoms with Crippen molar-refractivity contribution in [3.63, 3.8) is 0 Å². The minimum atomic E-state index is -0.289. The predicted octanol–water partition coefficient (Wildman–Crippen LogP) is 3.93. The Morgan fingerprint density at radius 1 is 1.06 bits per heavy atom. The summed E-state index contributed by atoms with van der Waals surface area (Å²) in [5.74, 6) is 6.44. The molecule has 0 bridgehead atoms. The summed E-state index contributed by atoms with van der Waals surface area (Å²) in [6, 6.07) is 12.8. The summed E-state index contributed by atoms with van der Waals surface area (Å²) >= 11 is 0. The number of carbonyl (C=O) groups excluding carboxylic acids is 1. The van der Waals surface area contributed by atoms with Gasteiger partial charge in [0.15, 0.2) is 5.78 Å². The zero-order valence-electron chi connectivity index (χ0n) is 20.6. The first-order valence-electron chi connectivity index (χ1n) is 12.4. The zero-order valence-corrected chi connectivity index (χ0v) is 20.6. The minimum Gasteiger partial charge on any atom is -0.378 e. The maximum absolute atomic E-state index is 13.9. The summed E-state index contributed by atoms with van der Waals surface area (Å²) in [7, 11) is 0. The molecule has 4 aliphatic rings. The van der Waals surface area contributed by atoms with Crippen LogP contribution in [0.25, 0.3) is 5.57 Å². The molecule has 2 fully saturated rings. The molecule has 0 unspecified atom stereocenters. The van der Waals surface area contributed by atoms with E-state index in [0.717, 1.165) is 84.0 Å². The molecule has 2 saturated heterocycles. The number of piperazine rings is 1. The number of hydrogen-bond donors (Lipinski definition) is 0. The van der Waals surface area contributed by atoms with Crippen molar-refractivity contribution < 1.29 is 9.53 Å². The highest BCUT2D eigenvalue weighted by molar-refractivity contribution is 6.33. The van der Waals surface area contributed by atoms with Crippen molar-refractivity contribution in [3.8, 4) is 17.9 Å². The molecule has 0 aromatic heterocycles. The predicted molar refractivity (Wildman–Crippen MR) is 137 cm³/mol. The van der Waals surface area contributed by atoms with Gasteiger partial charge in [-0.1, -0.05) is 25.8 Å². The summed E-state index contributed by atoms with van der Waals surface area (Å²) in [5, 5.41) is 9.37. The lowest BCUT2D eigenvalue weighted by atomic mass is 9.68. The molecule has 2 aliphatic carbocycles. The van der Waals surface area contributed by atoms with Crippen molar-refractivity contribution in [1.29, 1.82) is 5.26 Å². The van der Waals surface area contributed by atoms with Gasteiger partial charge >= 0.3 is 0 Å². The number of nitrogens with zero attached hydrogens (tertiary/aromatic N) is 3. The Hall–Kier alpha value is -3.38. The van der Waals surface area contributed by atoms with Crippen LogP contribution in [0.4, 0.5) is 5.69 Å². The Balaban J connectivity index is 1.40. The van der Waals surface area contributed by atoms with E-state index in [2.05, 4.69) is 47.6 Å². The standard InChI is InChI=1S/C30H29N3O2/c1-4-5-20-13-24-25(15-27(20)33-10-8-32(9-11-33)22-17-35-18-22)30(2,3)26-14-21-12-19(16-31)6-7-23(21)28(26)29(24)34/h6-7,12-13,15,22H,8-11,14,17-18H2,1-3H3. The number of Topliss-reactive ketones (excluding diaryl/α,β-unsaturated/α-hetero) is 1. The van der Waals surface area contributed by atoms with E-state index in [1.54, 1.807) is 0 Å². The summed E-state index contributed by atoms with van der Waals surface area (Å²) in [6.07, 6.45) is 0.715. The largest absolute Gasteiger partial charge is 0.378 e. The second-order valence-electron chi connectivity index (χ2n) is 10.5. The lowest BCUT2D eigenvalue weighted by Crippen LogP contribution is -2.56. The van der Waals surface area contributed by atoms with Crippen LogP contribution < -0.4 is 4.90 Å². The molecule has 6 rings (SSSR count). The summed E-state index contributed by atoms with van der Waals surface area (Å²) in [6.45, 7) is 11.9. The van der Waals surface area contributed by atoms with Crippen LogP contribution in [0, 0.1) is 23.2 Å². The van der Waals surface area contributed by atoms with Crippen molar-refractivity contribution in [3.05, 3.63) is 69.3 Å². The number of anilines is 1. The van der Waals surface area contributed by atoms with Crippen LogP contribution in [0.15, 0.2) is 35.9 Å². The Bertz CT molecular complexity index is 1390. The number of allylic oxidation sites excluding steroid dienone is 2. The van der Waals surface area contributed by atoms with Crippen molar-refractivity contribution in [1.82, 2.24) is 4.90 Å². The number of ketones is 1. The number of ether oxygens (including phenoxy) is 1. The Morgan fingerprint density at radius 2 is 1.83 bits per heavy atom. The van der Waals surface area contributed by atoms with Gasteiger partial charge in [0.05, 0.1) is 36.6 Å². The fourth-order valence-electron chi connectivity index (χ4n) is 6.14. The van der Waals surface area contributed by atoms with Crippen LogP contribution in [0.2, 0.25) is 0 Å². The molecule has 176 valence electrons. The first kappa shape index (κ1) is 22.1. The lowest BCUT2D eigenvalue weighted by molar-refractivity contribution is -0.0660. The molecule has 2 heterocycles. The number of nitriles is 1. The van der Waals surface area contributed by atoms with Gasteiger partial charge in [-0.25, -0.2) is 0 Å². The van der Waals surface area contributed by atoms with Gasteiger partial charge < -0.3 is 9.64 Å². The van der Waals surface area contributed by atoms with Gasteiger partial charge in [0, 0.05) is 48.3 Å². The van der Waals surface area contributed by atoms with Crippen LogP contribution in [0.1, 0.15) is 58.9 Å². The van der Waals surface area contributed by atoms with Crippen LogP contribution in [0.3, 0.4) is 0 Å². The van der Waals surface area contributed by atoms with E-state index >= 15 is 0 Å². The van der Waals surface area contributed by atoms with E-state index in [9.17, 15) is 10.1 Å². The van der Waals surface area contributed by atoms with Crippen LogP contribution in [-0.4, -0.2) is 56.1 Å². The zero-order chi connectivity index (χ0) is 24.3. The maximum atomic E-state index is 13.9. The van der Waals surface area contributed by atoms with Gasteiger partial charge in [-0.05, 0) is 59.9 Å². The Labute approximate surface area is 207 Å². The SMILES string of the molecule is CC#Cc1cc2c(cc1N1CCN(C3COC3)CC1)C(C)(C)C1=C(C2=O)c2ccc(C#N)cc2C1. The summed E-state index contributed by atoms with van der Waals surface area (Å²) in [5.41, 5.74) is 8.30. The molecule has 0 radical (unpaired) electrons. The highest BCUT2D eigenvalue weighted by atomic mass is 16.5. The normalized spacial score (nSPS) is 20.9. The van der Waals surface area contributed by atoms with Gasteiger partial charge in [0.2, 0.25) is 0 Å².